The Kier molecular flexibility index (Phi) is 5.38. The fraction of sp³-hybridized carbons (Fsp3) is 0.158. The van der Waals surface area contributed by atoms with E-state index in [9.17, 15) is 9.59 Å². The highest BCUT2D eigenvalue weighted by Gasteiger charge is 2.15. The lowest BCUT2D eigenvalue weighted by molar-refractivity contribution is -0.136. The third kappa shape index (κ3) is 3.94. The molecule has 2 aromatic heterocycles. The number of amides is 1. The van der Waals surface area contributed by atoms with Gasteiger partial charge in [-0.3, -0.25) is 19.7 Å². The van der Waals surface area contributed by atoms with Crippen molar-refractivity contribution in [2.75, 3.05) is 12.5 Å². The van der Waals surface area contributed by atoms with Crippen LogP contribution in [0.2, 0.25) is 0 Å². The van der Waals surface area contributed by atoms with E-state index in [1.807, 2.05) is 29.6 Å². The number of carboxylic acids is 1. The molecule has 1 amide bonds. The van der Waals surface area contributed by atoms with Crippen LogP contribution < -0.4 is 10.2 Å². The van der Waals surface area contributed by atoms with Gasteiger partial charge in [0, 0.05) is 17.7 Å². The van der Waals surface area contributed by atoms with Crippen LogP contribution in [0, 0.1) is 0 Å². The summed E-state index contributed by atoms with van der Waals surface area (Å²) in [7, 11) is 1.57. The number of ether oxygens (including phenoxy) is 1. The van der Waals surface area contributed by atoms with Gasteiger partial charge < -0.3 is 9.84 Å². The van der Waals surface area contributed by atoms with Crippen LogP contribution in [0.3, 0.4) is 0 Å². The number of hydrogen-bond acceptors (Lipinski definition) is 4. The molecule has 0 saturated heterocycles. The summed E-state index contributed by atoms with van der Waals surface area (Å²) in [4.78, 5) is 24.5. The van der Waals surface area contributed by atoms with E-state index in [1.54, 1.807) is 47.4 Å². The van der Waals surface area contributed by atoms with E-state index in [-0.39, 0.29) is 12.3 Å². The summed E-state index contributed by atoms with van der Waals surface area (Å²) < 4.78 is 6.77. The largest absolute Gasteiger partial charge is 0.497 e. The van der Waals surface area contributed by atoms with Crippen LogP contribution in [0.1, 0.15) is 22.5 Å². The first-order valence-electron chi connectivity index (χ1n) is 8.00. The van der Waals surface area contributed by atoms with Crippen molar-refractivity contribution in [1.29, 1.82) is 0 Å². The Balaban J connectivity index is 1.89. The van der Waals surface area contributed by atoms with E-state index >= 15 is 0 Å². The Hall–Kier alpha value is -3.06. The number of aromatic nitrogens is 1. The number of carbonyl (C=O) groups is 2. The standard InChI is InChI=1S/C19H18N2O4S/c1-25-15-8-4-13(5-9-15)19(24)20-21-14(7-11-18(22)23)6-10-16(21)17-3-2-12-26-17/h2-6,8-10,12H,7,11H2,1H3,(H,20,24)(H,22,23). The molecular weight excluding hydrogens is 352 g/mol. The number of hydrogen-bond donors (Lipinski definition) is 2. The minimum Gasteiger partial charge on any atom is -0.497 e. The van der Waals surface area contributed by atoms with Crippen molar-refractivity contribution in [3.63, 3.8) is 0 Å². The lowest BCUT2D eigenvalue weighted by Crippen LogP contribution is -2.25. The summed E-state index contributed by atoms with van der Waals surface area (Å²) in [6.45, 7) is 0. The van der Waals surface area contributed by atoms with Crippen molar-refractivity contribution in [3.05, 3.63) is 65.2 Å². The van der Waals surface area contributed by atoms with Crippen molar-refractivity contribution in [2.24, 2.45) is 0 Å². The van der Waals surface area contributed by atoms with E-state index < -0.39 is 5.97 Å². The van der Waals surface area contributed by atoms with Gasteiger partial charge in [0.25, 0.3) is 5.91 Å². The molecule has 2 heterocycles. The van der Waals surface area contributed by atoms with E-state index in [0.29, 0.717) is 17.7 Å². The molecule has 0 unspecified atom stereocenters. The summed E-state index contributed by atoms with van der Waals surface area (Å²) >= 11 is 1.55. The zero-order chi connectivity index (χ0) is 18.5. The van der Waals surface area contributed by atoms with Crippen LogP contribution in [0.5, 0.6) is 5.75 Å². The Labute approximate surface area is 154 Å². The molecule has 0 aliphatic rings. The summed E-state index contributed by atoms with van der Waals surface area (Å²) in [5.41, 5.74) is 4.92. The molecule has 0 aliphatic carbocycles. The fourth-order valence-corrected chi connectivity index (χ4v) is 3.31. The average molecular weight is 370 g/mol. The molecule has 3 rings (SSSR count). The maximum absolute atomic E-state index is 12.6. The maximum Gasteiger partial charge on any atom is 0.303 e. The van der Waals surface area contributed by atoms with Gasteiger partial charge in [-0.2, -0.15) is 0 Å². The first-order chi connectivity index (χ1) is 12.6. The minimum atomic E-state index is -0.878. The molecule has 7 heteroatoms. The average Bonchev–Trinajstić information content (AvgIpc) is 3.29. The van der Waals surface area contributed by atoms with E-state index in [0.717, 1.165) is 16.3 Å². The SMILES string of the molecule is COc1ccc(C(=O)Nn2c(CCC(=O)O)ccc2-c2cccs2)cc1. The smallest absolute Gasteiger partial charge is 0.303 e. The predicted molar refractivity (Wildman–Crippen MR) is 100 cm³/mol. The highest BCUT2D eigenvalue weighted by atomic mass is 32.1. The Bertz CT molecular complexity index is 898. The Morgan fingerprint density at radius 1 is 1.15 bits per heavy atom. The van der Waals surface area contributed by atoms with E-state index in [1.165, 1.54) is 0 Å². The zero-order valence-corrected chi connectivity index (χ0v) is 15.0. The minimum absolute atomic E-state index is 0.00764. The summed E-state index contributed by atoms with van der Waals surface area (Å²) in [5, 5.41) is 10.9. The Morgan fingerprint density at radius 2 is 1.92 bits per heavy atom. The monoisotopic (exact) mass is 370 g/mol. The summed E-state index contributed by atoms with van der Waals surface area (Å²) in [5.74, 6) is -0.487. The quantitative estimate of drug-likeness (QED) is 0.666. The molecule has 0 aliphatic heterocycles. The van der Waals surface area contributed by atoms with Crippen LogP contribution in [0.4, 0.5) is 0 Å². The molecule has 0 fully saturated rings. The number of nitrogens with zero attached hydrogens (tertiary/aromatic N) is 1. The van der Waals surface area contributed by atoms with Gasteiger partial charge in [0.2, 0.25) is 0 Å². The number of carboxylic acid groups (broad SMARTS) is 1. The van der Waals surface area contributed by atoms with Crippen molar-refractivity contribution < 1.29 is 19.4 Å². The summed E-state index contributed by atoms with van der Waals surface area (Å²) in [6.07, 6.45) is 0.315. The fourth-order valence-electron chi connectivity index (χ4n) is 2.57. The van der Waals surface area contributed by atoms with E-state index in [4.69, 9.17) is 9.84 Å². The number of nitrogens with one attached hydrogen (secondary N) is 1. The van der Waals surface area contributed by atoms with Crippen molar-refractivity contribution in [3.8, 4) is 16.3 Å². The highest BCUT2D eigenvalue weighted by Crippen LogP contribution is 2.27. The van der Waals surface area contributed by atoms with Gasteiger partial charge in [0.1, 0.15) is 5.75 Å². The normalized spacial score (nSPS) is 10.5. The van der Waals surface area contributed by atoms with Gasteiger partial charge in [-0.15, -0.1) is 11.3 Å². The molecule has 0 bridgehead atoms. The maximum atomic E-state index is 12.6. The highest BCUT2D eigenvalue weighted by molar-refractivity contribution is 7.13. The second kappa shape index (κ2) is 7.88. The molecular formula is C19H18N2O4S. The van der Waals surface area contributed by atoms with Gasteiger partial charge >= 0.3 is 5.97 Å². The molecule has 26 heavy (non-hydrogen) atoms. The molecule has 0 radical (unpaired) electrons. The number of methoxy groups -OCH3 is 1. The van der Waals surface area contributed by atoms with Crippen LogP contribution in [-0.2, 0) is 11.2 Å². The number of carbonyl (C=O) groups excluding carboxylic acids is 1. The predicted octanol–water partition coefficient (Wildman–Crippen LogP) is 3.63. The van der Waals surface area contributed by atoms with Gasteiger partial charge in [-0.05, 0) is 47.8 Å². The molecule has 6 nitrogen and oxygen atoms in total. The van der Waals surface area contributed by atoms with Crippen LogP contribution in [0.15, 0.2) is 53.9 Å². The third-order valence-electron chi connectivity index (χ3n) is 3.90. The third-order valence-corrected chi connectivity index (χ3v) is 4.79. The first kappa shape index (κ1) is 17.8. The Morgan fingerprint density at radius 3 is 2.54 bits per heavy atom. The molecule has 134 valence electrons. The van der Waals surface area contributed by atoms with Gasteiger partial charge in [-0.1, -0.05) is 6.07 Å². The van der Waals surface area contributed by atoms with Crippen LogP contribution in [-0.4, -0.2) is 28.8 Å². The van der Waals surface area contributed by atoms with E-state index in [2.05, 4.69) is 5.43 Å². The zero-order valence-electron chi connectivity index (χ0n) is 14.1. The van der Waals surface area contributed by atoms with Gasteiger partial charge in [0.15, 0.2) is 0 Å². The topological polar surface area (TPSA) is 80.6 Å². The first-order valence-corrected chi connectivity index (χ1v) is 8.88. The van der Waals surface area contributed by atoms with Gasteiger partial charge in [0.05, 0.1) is 24.1 Å². The number of aryl methyl sites for hydroxylation is 1. The molecule has 0 atom stereocenters. The van der Waals surface area contributed by atoms with Crippen molar-refractivity contribution in [2.45, 2.75) is 12.8 Å². The number of aliphatic carboxylic acids is 1. The number of benzene rings is 1. The molecule has 0 spiro atoms. The van der Waals surface area contributed by atoms with Crippen LogP contribution >= 0.6 is 11.3 Å². The van der Waals surface area contributed by atoms with Crippen molar-refractivity contribution in [1.82, 2.24) is 4.68 Å². The lowest BCUT2D eigenvalue weighted by atomic mass is 10.2. The summed E-state index contributed by atoms with van der Waals surface area (Å²) in [6, 6.07) is 14.4. The second-order valence-corrected chi connectivity index (χ2v) is 6.53. The van der Waals surface area contributed by atoms with Gasteiger partial charge in [-0.25, -0.2) is 0 Å². The molecule has 3 aromatic rings. The lowest BCUT2D eigenvalue weighted by Gasteiger charge is -2.14. The van der Waals surface area contributed by atoms with Crippen LogP contribution in [0.25, 0.3) is 10.6 Å². The second-order valence-electron chi connectivity index (χ2n) is 5.59. The van der Waals surface area contributed by atoms with Crippen molar-refractivity contribution >= 4 is 23.2 Å². The molecule has 2 N–H and O–H groups in total. The number of thiophene rings is 1. The number of rotatable bonds is 7. The molecule has 1 aromatic carbocycles. The molecule has 0 saturated carbocycles.